The molecule has 1 aliphatic heterocycles. The number of carbonyl (C=O) groups excluding carboxylic acids is 1. The zero-order valence-electron chi connectivity index (χ0n) is 12.4. The summed E-state index contributed by atoms with van der Waals surface area (Å²) in [5, 5.41) is 2.99. The molecule has 1 atom stereocenters. The number of amides is 1. The normalized spacial score (nSPS) is 18.7. The van der Waals surface area contributed by atoms with Crippen LogP contribution in [0.3, 0.4) is 0 Å². The van der Waals surface area contributed by atoms with Crippen LogP contribution in [0.4, 0.5) is 0 Å². The van der Waals surface area contributed by atoms with Crippen molar-refractivity contribution in [2.75, 3.05) is 33.2 Å². The van der Waals surface area contributed by atoms with Gasteiger partial charge in [0.15, 0.2) is 0 Å². The number of hydrogen-bond donors (Lipinski definition) is 2. The standard InChI is InChI=1S/C16H22N4O/c1-20-7-3-5-14(12-20)10-19-16(21)15-8-13(4-2-6-17)9-18-11-15/h8-9,11,14H,3,5-7,10,12,17H2,1H3,(H,19,21). The number of nitrogens with one attached hydrogen (secondary N) is 1. The molecule has 1 aromatic heterocycles. The maximum Gasteiger partial charge on any atom is 0.252 e. The van der Waals surface area contributed by atoms with Crippen molar-refractivity contribution >= 4 is 5.91 Å². The largest absolute Gasteiger partial charge is 0.352 e. The predicted octanol–water partition coefficient (Wildman–Crippen LogP) is 0.463. The molecule has 1 amide bonds. The summed E-state index contributed by atoms with van der Waals surface area (Å²) in [5.41, 5.74) is 6.60. The Bertz CT molecular complexity index is 547. The van der Waals surface area contributed by atoms with E-state index in [0.29, 0.717) is 30.1 Å². The third-order valence-corrected chi connectivity index (χ3v) is 3.61. The van der Waals surface area contributed by atoms with Gasteiger partial charge in [0.05, 0.1) is 12.1 Å². The van der Waals surface area contributed by atoms with E-state index in [0.717, 1.165) is 13.1 Å². The van der Waals surface area contributed by atoms with Gasteiger partial charge in [-0.25, -0.2) is 0 Å². The first-order valence-electron chi connectivity index (χ1n) is 7.29. The van der Waals surface area contributed by atoms with Gasteiger partial charge in [-0.15, -0.1) is 0 Å². The average Bonchev–Trinajstić information content (AvgIpc) is 2.51. The minimum Gasteiger partial charge on any atom is -0.352 e. The molecule has 0 aromatic carbocycles. The monoisotopic (exact) mass is 286 g/mol. The molecule has 5 heteroatoms. The fourth-order valence-corrected chi connectivity index (χ4v) is 2.56. The number of hydrogen-bond acceptors (Lipinski definition) is 4. The Kier molecular flexibility index (Phi) is 5.73. The van der Waals surface area contributed by atoms with Crippen molar-refractivity contribution in [3.63, 3.8) is 0 Å². The predicted molar refractivity (Wildman–Crippen MR) is 82.7 cm³/mol. The molecule has 2 rings (SSSR count). The number of likely N-dealkylation sites (tertiary alicyclic amines) is 1. The molecule has 2 heterocycles. The Morgan fingerprint density at radius 2 is 2.43 bits per heavy atom. The van der Waals surface area contributed by atoms with E-state index < -0.39 is 0 Å². The van der Waals surface area contributed by atoms with Gasteiger partial charge >= 0.3 is 0 Å². The van der Waals surface area contributed by atoms with Gasteiger partial charge in [0.2, 0.25) is 0 Å². The summed E-state index contributed by atoms with van der Waals surface area (Å²) in [5.74, 6) is 6.08. The summed E-state index contributed by atoms with van der Waals surface area (Å²) in [4.78, 5) is 18.5. The van der Waals surface area contributed by atoms with Crippen molar-refractivity contribution in [1.29, 1.82) is 0 Å². The molecule has 0 aliphatic carbocycles. The fourth-order valence-electron chi connectivity index (χ4n) is 2.56. The Hall–Kier alpha value is -1.90. The Morgan fingerprint density at radius 1 is 1.57 bits per heavy atom. The summed E-state index contributed by atoms with van der Waals surface area (Å²) in [6, 6.07) is 1.75. The van der Waals surface area contributed by atoms with Crippen molar-refractivity contribution in [3.05, 3.63) is 29.6 Å². The minimum absolute atomic E-state index is 0.0906. The lowest BCUT2D eigenvalue weighted by Crippen LogP contribution is -2.39. The molecule has 0 bridgehead atoms. The van der Waals surface area contributed by atoms with Gasteiger partial charge in [-0.3, -0.25) is 9.78 Å². The van der Waals surface area contributed by atoms with E-state index in [-0.39, 0.29) is 5.91 Å². The number of pyridine rings is 1. The lowest BCUT2D eigenvalue weighted by molar-refractivity contribution is 0.0936. The highest BCUT2D eigenvalue weighted by atomic mass is 16.1. The Morgan fingerprint density at radius 3 is 3.19 bits per heavy atom. The van der Waals surface area contributed by atoms with Crippen LogP contribution >= 0.6 is 0 Å². The summed E-state index contributed by atoms with van der Waals surface area (Å²) in [6.07, 6.45) is 5.57. The van der Waals surface area contributed by atoms with Gasteiger partial charge in [-0.1, -0.05) is 11.8 Å². The summed E-state index contributed by atoms with van der Waals surface area (Å²) in [6.45, 7) is 3.20. The number of aromatic nitrogens is 1. The molecule has 5 nitrogen and oxygen atoms in total. The second kappa shape index (κ2) is 7.77. The SMILES string of the molecule is CN1CCCC(CNC(=O)c2cncc(C#CCN)c2)C1. The maximum atomic E-state index is 12.2. The molecule has 1 saturated heterocycles. The quantitative estimate of drug-likeness (QED) is 0.792. The maximum absolute atomic E-state index is 12.2. The zero-order valence-corrected chi connectivity index (χ0v) is 12.4. The van der Waals surface area contributed by atoms with Crippen LogP contribution < -0.4 is 11.1 Å². The molecular formula is C16H22N4O. The molecule has 3 N–H and O–H groups in total. The van der Waals surface area contributed by atoms with E-state index >= 15 is 0 Å². The molecule has 1 fully saturated rings. The Balaban J connectivity index is 1.91. The number of piperidine rings is 1. The fraction of sp³-hybridized carbons (Fsp3) is 0.500. The van der Waals surface area contributed by atoms with Gasteiger partial charge in [0, 0.05) is 31.0 Å². The van der Waals surface area contributed by atoms with Gasteiger partial charge in [0.1, 0.15) is 0 Å². The topological polar surface area (TPSA) is 71.2 Å². The molecule has 0 saturated carbocycles. The number of rotatable bonds is 3. The van der Waals surface area contributed by atoms with E-state index in [1.165, 1.54) is 12.8 Å². The number of nitrogens with two attached hydrogens (primary N) is 1. The van der Waals surface area contributed by atoms with Crippen LogP contribution in [0.2, 0.25) is 0 Å². The van der Waals surface area contributed by atoms with Crippen LogP contribution in [-0.4, -0.2) is 49.0 Å². The molecule has 1 aliphatic rings. The first-order valence-corrected chi connectivity index (χ1v) is 7.29. The summed E-state index contributed by atoms with van der Waals surface area (Å²) < 4.78 is 0. The van der Waals surface area contributed by atoms with Crippen LogP contribution in [0.15, 0.2) is 18.5 Å². The number of carbonyl (C=O) groups is 1. The van der Waals surface area contributed by atoms with Gasteiger partial charge in [-0.05, 0) is 38.4 Å². The first-order chi connectivity index (χ1) is 10.2. The van der Waals surface area contributed by atoms with Crippen LogP contribution in [0.5, 0.6) is 0 Å². The second-order valence-electron chi connectivity index (χ2n) is 5.45. The van der Waals surface area contributed by atoms with Crippen LogP contribution in [0, 0.1) is 17.8 Å². The molecular weight excluding hydrogens is 264 g/mol. The van der Waals surface area contributed by atoms with Gasteiger partial charge in [0.25, 0.3) is 5.91 Å². The van der Waals surface area contributed by atoms with Crippen molar-refractivity contribution in [2.24, 2.45) is 11.7 Å². The molecule has 21 heavy (non-hydrogen) atoms. The first kappa shape index (κ1) is 15.5. The smallest absolute Gasteiger partial charge is 0.252 e. The molecule has 1 aromatic rings. The molecule has 0 radical (unpaired) electrons. The van der Waals surface area contributed by atoms with E-state index in [9.17, 15) is 4.79 Å². The van der Waals surface area contributed by atoms with Crippen LogP contribution in [-0.2, 0) is 0 Å². The van der Waals surface area contributed by atoms with Gasteiger partial charge in [-0.2, -0.15) is 0 Å². The van der Waals surface area contributed by atoms with Crippen molar-refractivity contribution < 1.29 is 4.79 Å². The van der Waals surface area contributed by atoms with Crippen molar-refractivity contribution in [2.45, 2.75) is 12.8 Å². The minimum atomic E-state index is -0.0906. The van der Waals surface area contributed by atoms with Gasteiger partial charge < -0.3 is 16.0 Å². The highest BCUT2D eigenvalue weighted by molar-refractivity contribution is 5.94. The third kappa shape index (κ3) is 4.85. The van der Waals surface area contributed by atoms with E-state index in [4.69, 9.17) is 5.73 Å². The van der Waals surface area contributed by atoms with Crippen molar-refractivity contribution in [3.8, 4) is 11.8 Å². The van der Waals surface area contributed by atoms with E-state index in [1.54, 1.807) is 18.5 Å². The third-order valence-electron chi connectivity index (χ3n) is 3.61. The van der Waals surface area contributed by atoms with Crippen molar-refractivity contribution in [1.82, 2.24) is 15.2 Å². The second-order valence-corrected chi connectivity index (χ2v) is 5.45. The zero-order chi connectivity index (χ0) is 15.1. The highest BCUT2D eigenvalue weighted by Crippen LogP contribution is 2.14. The highest BCUT2D eigenvalue weighted by Gasteiger charge is 2.18. The molecule has 112 valence electrons. The van der Waals surface area contributed by atoms with E-state index in [2.05, 4.69) is 34.1 Å². The lowest BCUT2D eigenvalue weighted by Gasteiger charge is -2.29. The Labute approximate surface area is 125 Å². The van der Waals surface area contributed by atoms with E-state index in [1.807, 2.05) is 0 Å². The molecule has 1 unspecified atom stereocenters. The van der Waals surface area contributed by atoms with Crippen LogP contribution in [0.1, 0.15) is 28.8 Å². The average molecular weight is 286 g/mol. The summed E-state index contributed by atoms with van der Waals surface area (Å²) in [7, 11) is 2.12. The number of nitrogens with zero attached hydrogens (tertiary/aromatic N) is 2. The summed E-state index contributed by atoms with van der Waals surface area (Å²) >= 11 is 0. The lowest BCUT2D eigenvalue weighted by atomic mass is 9.98. The molecule has 0 spiro atoms. The van der Waals surface area contributed by atoms with Crippen LogP contribution in [0.25, 0.3) is 0 Å².